The Morgan fingerprint density at radius 1 is 1.45 bits per heavy atom. The summed E-state index contributed by atoms with van der Waals surface area (Å²) in [7, 11) is 1.64. The number of methoxy groups -OCH3 is 1. The Balaban J connectivity index is 0.00000361. The van der Waals surface area contributed by atoms with Gasteiger partial charge in [0, 0.05) is 6.54 Å². The Morgan fingerprint density at radius 2 is 2.15 bits per heavy atom. The predicted octanol–water partition coefficient (Wildman–Crippen LogP) is 2.15. The Labute approximate surface area is 127 Å². The van der Waals surface area contributed by atoms with E-state index in [-0.39, 0.29) is 24.2 Å². The fourth-order valence-corrected chi connectivity index (χ4v) is 1.79. The molecule has 0 aliphatic heterocycles. The number of benzene rings is 1. The lowest BCUT2D eigenvalue weighted by atomic mass is 9.99. The number of carbonyl (C=O) groups is 1. The van der Waals surface area contributed by atoms with Gasteiger partial charge in [-0.3, -0.25) is 4.79 Å². The van der Waals surface area contributed by atoms with Crippen molar-refractivity contribution in [2.75, 3.05) is 13.7 Å². The molecular formula is C15H25ClN2O2. The summed E-state index contributed by atoms with van der Waals surface area (Å²) in [6.07, 6.45) is 1.68. The van der Waals surface area contributed by atoms with Gasteiger partial charge < -0.3 is 15.8 Å². The molecule has 114 valence electrons. The lowest BCUT2D eigenvalue weighted by Gasteiger charge is -2.17. The molecule has 0 saturated carbocycles. The fraction of sp³-hybridized carbons (Fsp3) is 0.533. The van der Waals surface area contributed by atoms with E-state index in [1.807, 2.05) is 38.1 Å². The molecule has 1 rings (SSSR count). The van der Waals surface area contributed by atoms with Crippen LogP contribution in [0.1, 0.15) is 25.8 Å². The maximum absolute atomic E-state index is 11.8. The number of hydrogen-bond acceptors (Lipinski definition) is 3. The van der Waals surface area contributed by atoms with Crippen LogP contribution in [0.3, 0.4) is 0 Å². The van der Waals surface area contributed by atoms with E-state index in [1.54, 1.807) is 7.11 Å². The van der Waals surface area contributed by atoms with Crippen molar-refractivity contribution in [1.82, 2.24) is 5.32 Å². The second-order valence-corrected chi connectivity index (χ2v) is 4.80. The van der Waals surface area contributed by atoms with Crippen LogP contribution in [0.2, 0.25) is 0 Å². The van der Waals surface area contributed by atoms with Crippen molar-refractivity contribution in [3.8, 4) is 5.75 Å². The first-order chi connectivity index (χ1) is 9.08. The first-order valence-corrected chi connectivity index (χ1v) is 6.74. The standard InChI is InChI=1S/C15H24N2O2.ClH/c1-4-11(2)14(16)15(18)17-9-8-12-6-5-7-13(10-12)19-3;/h5-7,10-11,14H,4,8-9,16H2,1-3H3,(H,17,18);1H. The number of ether oxygens (including phenoxy) is 1. The van der Waals surface area contributed by atoms with Gasteiger partial charge in [0.25, 0.3) is 0 Å². The van der Waals surface area contributed by atoms with Crippen molar-refractivity contribution in [1.29, 1.82) is 0 Å². The molecular weight excluding hydrogens is 276 g/mol. The average molecular weight is 301 g/mol. The van der Waals surface area contributed by atoms with Crippen LogP contribution in [0.4, 0.5) is 0 Å². The average Bonchev–Trinajstić information content (AvgIpc) is 2.45. The van der Waals surface area contributed by atoms with Gasteiger partial charge in [0.2, 0.25) is 5.91 Å². The second-order valence-electron chi connectivity index (χ2n) is 4.80. The number of hydrogen-bond donors (Lipinski definition) is 2. The third-order valence-corrected chi connectivity index (χ3v) is 3.41. The largest absolute Gasteiger partial charge is 0.497 e. The zero-order chi connectivity index (χ0) is 14.3. The number of halogens is 1. The van der Waals surface area contributed by atoms with Crippen molar-refractivity contribution in [3.63, 3.8) is 0 Å². The summed E-state index contributed by atoms with van der Waals surface area (Å²) in [5, 5.41) is 2.88. The summed E-state index contributed by atoms with van der Waals surface area (Å²) in [4.78, 5) is 11.8. The molecule has 0 spiro atoms. The van der Waals surface area contributed by atoms with E-state index >= 15 is 0 Å². The van der Waals surface area contributed by atoms with Gasteiger partial charge in [-0.1, -0.05) is 32.4 Å². The zero-order valence-corrected chi connectivity index (χ0v) is 13.2. The highest BCUT2D eigenvalue weighted by atomic mass is 35.5. The highest BCUT2D eigenvalue weighted by Crippen LogP contribution is 2.12. The Morgan fingerprint density at radius 3 is 2.75 bits per heavy atom. The van der Waals surface area contributed by atoms with E-state index in [0.717, 1.165) is 24.2 Å². The molecule has 3 N–H and O–H groups in total. The van der Waals surface area contributed by atoms with Crippen LogP contribution < -0.4 is 15.8 Å². The molecule has 1 amide bonds. The number of nitrogens with one attached hydrogen (secondary N) is 1. The summed E-state index contributed by atoms with van der Waals surface area (Å²) in [6, 6.07) is 7.42. The maximum Gasteiger partial charge on any atom is 0.237 e. The minimum atomic E-state index is -0.421. The summed E-state index contributed by atoms with van der Waals surface area (Å²) in [5.41, 5.74) is 7.00. The molecule has 4 nitrogen and oxygen atoms in total. The van der Waals surface area contributed by atoms with Gasteiger partial charge in [0.1, 0.15) is 5.75 Å². The number of amides is 1. The molecule has 2 unspecified atom stereocenters. The normalized spacial score (nSPS) is 13.0. The van der Waals surface area contributed by atoms with Crippen LogP contribution in [0.15, 0.2) is 24.3 Å². The van der Waals surface area contributed by atoms with Gasteiger partial charge in [-0.25, -0.2) is 0 Å². The van der Waals surface area contributed by atoms with Crippen LogP contribution >= 0.6 is 12.4 Å². The lowest BCUT2D eigenvalue weighted by molar-refractivity contribution is -0.123. The first-order valence-electron chi connectivity index (χ1n) is 6.74. The molecule has 2 atom stereocenters. The predicted molar refractivity (Wildman–Crippen MR) is 84.4 cm³/mol. The summed E-state index contributed by atoms with van der Waals surface area (Å²) in [6.45, 7) is 4.62. The third kappa shape index (κ3) is 5.80. The van der Waals surface area contributed by atoms with Crippen LogP contribution in [0.5, 0.6) is 5.75 Å². The van der Waals surface area contributed by atoms with E-state index in [2.05, 4.69) is 5.32 Å². The van der Waals surface area contributed by atoms with E-state index in [9.17, 15) is 4.79 Å². The zero-order valence-electron chi connectivity index (χ0n) is 12.4. The van der Waals surface area contributed by atoms with Crippen LogP contribution in [-0.2, 0) is 11.2 Å². The number of rotatable bonds is 7. The molecule has 0 bridgehead atoms. The molecule has 1 aromatic rings. The monoisotopic (exact) mass is 300 g/mol. The van der Waals surface area contributed by atoms with Crippen LogP contribution in [0.25, 0.3) is 0 Å². The quantitative estimate of drug-likeness (QED) is 0.811. The topological polar surface area (TPSA) is 64.4 Å². The molecule has 0 aromatic heterocycles. The summed E-state index contributed by atoms with van der Waals surface area (Å²) in [5.74, 6) is 0.967. The molecule has 0 saturated heterocycles. The second kappa shape index (κ2) is 9.61. The van der Waals surface area contributed by atoms with Gasteiger partial charge in [0.05, 0.1) is 13.2 Å². The molecule has 1 aromatic carbocycles. The van der Waals surface area contributed by atoms with Crippen molar-refractivity contribution in [2.45, 2.75) is 32.7 Å². The maximum atomic E-state index is 11.8. The van der Waals surface area contributed by atoms with Crippen molar-refractivity contribution < 1.29 is 9.53 Å². The fourth-order valence-electron chi connectivity index (χ4n) is 1.79. The minimum absolute atomic E-state index is 0. The molecule has 0 aliphatic rings. The molecule has 0 heterocycles. The summed E-state index contributed by atoms with van der Waals surface area (Å²) >= 11 is 0. The van der Waals surface area contributed by atoms with Crippen LogP contribution in [-0.4, -0.2) is 25.6 Å². The lowest BCUT2D eigenvalue weighted by Crippen LogP contribution is -2.45. The SMILES string of the molecule is CCC(C)C(N)C(=O)NCCc1cccc(OC)c1.Cl. The smallest absolute Gasteiger partial charge is 0.237 e. The first kappa shape index (κ1) is 18.7. The molecule has 20 heavy (non-hydrogen) atoms. The van der Waals surface area contributed by atoms with Gasteiger partial charge in [-0.05, 0) is 30.0 Å². The molecule has 0 fully saturated rings. The highest BCUT2D eigenvalue weighted by molar-refractivity contribution is 5.85. The van der Waals surface area contributed by atoms with Crippen molar-refractivity contribution >= 4 is 18.3 Å². The molecule has 0 aliphatic carbocycles. The minimum Gasteiger partial charge on any atom is -0.497 e. The Bertz CT molecular complexity index is 413. The van der Waals surface area contributed by atoms with Crippen molar-refractivity contribution in [3.05, 3.63) is 29.8 Å². The Kier molecular flexibility index (Phi) is 9.01. The van der Waals surface area contributed by atoms with Crippen LogP contribution in [0, 0.1) is 5.92 Å². The van der Waals surface area contributed by atoms with Gasteiger partial charge in [-0.15, -0.1) is 12.4 Å². The molecule has 5 heteroatoms. The van der Waals surface area contributed by atoms with E-state index in [4.69, 9.17) is 10.5 Å². The van der Waals surface area contributed by atoms with Gasteiger partial charge in [-0.2, -0.15) is 0 Å². The third-order valence-electron chi connectivity index (χ3n) is 3.41. The van der Waals surface area contributed by atoms with Crippen molar-refractivity contribution in [2.24, 2.45) is 11.7 Å². The Hall–Kier alpha value is -1.26. The summed E-state index contributed by atoms with van der Waals surface area (Å²) < 4.78 is 5.16. The van der Waals surface area contributed by atoms with Gasteiger partial charge in [0.15, 0.2) is 0 Å². The van der Waals surface area contributed by atoms with Gasteiger partial charge >= 0.3 is 0 Å². The number of nitrogens with two attached hydrogens (primary N) is 1. The molecule has 0 radical (unpaired) electrons. The number of carbonyl (C=O) groups excluding carboxylic acids is 1. The van der Waals surface area contributed by atoms with E-state index in [0.29, 0.717) is 6.54 Å². The van der Waals surface area contributed by atoms with E-state index in [1.165, 1.54) is 0 Å². The van der Waals surface area contributed by atoms with E-state index < -0.39 is 6.04 Å². The highest BCUT2D eigenvalue weighted by Gasteiger charge is 2.18.